The molecule has 0 heterocycles. The van der Waals surface area contributed by atoms with Gasteiger partial charge >= 0.3 is 0 Å². The van der Waals surface area contributed by atoms with Crippen LogP contribution in [0.2, 0.25) is 0 Å². The Hall–Kier alpha value is -1.02. The number of nitrogens with two attached hydrogens (primary N) is 1. The van der Waals surface area contributed by atoms with Gasteiger partial charge in [-0.05, 0) is 56.0 Å². The van der Waals surface area contributed by atoms with Crippen molar-refractivity contribution in [2.24, 2.45) is 5.73 Å². The zero-order chi connectivity index (χ0) is 10.7. The molecule has 0 aliphatic heterocycles. The molecule has 2 N–H and O–H groups in total. The average Bonchev–Trinajstić information content (AvgIpc) is 2.12. The minimum Gasteiger partial charge on any atom is -0.496 e. The third-order valence-corrected chi connectivity index (χ3v) is 2.66. The van der Waals surface area contributed by atoms with Crippen molar-refractivity contribution in [2.75, 3.05) is 13.7 Å². The highest BCUT2D eigenvalue weighted by Crippen LogP contribution is 2.28. The lowest BCUT2D eigenvalue weighted by molar-refractivity contribution is 0.407. The van der Waals surface area contributed by atoms with Gasteiger partial charge in [-0.25, -0.2) is 0 Å². The van der Waals surface area contributed by atoms with Gasteiger partial charge in [-0.15, -0.1) is 0 Å². The molecule has 1 aromatic rings. The highest BCUT2D eigenvalue weighted by molar-refractivity contribution is 5.49. The quantitative estimate of drug-likeness (QED) is 0.798. The van der Waals surface area contributed by atoms with Crippen molar-refractivity contribution in [3.05, 3.63) is 28.3 Å². The molecule has 0 saturated heterocycles. The first-order valence-electron chi connectivity index (χ1n) is 4.95. The third kappa shape index (κ3) is 1.90. The van der Waals surface area contributed by atoms with E-state index in [1.165, 1.54) is 22.3 Å². The number of hydrogen-bond donors (Lipinski definition) is 1. The van der Waals surface area contributed by atoms with E-state index in [4.69, 9.17) is 10.5 Å². The predicted octanol–water partition coefficient (Wildman–Crippen LogP) is 2.12. The summed E-state index contributed by atoms with van der Waals surface area (Å²) in [6.07, 6.45) is 0.925. The topological polar surface area (TPSA) is 35.2 Å². The lowest BCUT2D eigenvalue weighted by atomic mass is 9.96. The molecule has 0 atom stereocenters. The Kier molecular flexibility index (Phi) is 3.53. The van der Waals surface area contributed by atoms with Crippen molar-refractivity contribution in [3.8, 4) is 5.75 Å². The minimum atomic E-state index is 0.688. The normalized spacial score (nSPS) is 10.4. The minimum absolute atomic E-state index is 0.688. The van der Waals surface area contributed by atoms with Gasteiger partial charge in [0.1, 0.15) is 5.75 Å². The molecule has 2 heteroatoms. The molecule has 0 aliphatic carbocycles. The molecule has 14 heavy (non-hydrogen) atoms. The van der Waals surface area contributed by atoms with E-state index >= 15 is 0 Å². The first-order chi connectivity index (χ1) is 6.61. The summed E-state index contributed by atoms with van der Waals surface area (Å²) < 4.78 is 5.38. The monoisotopic (exact) mass is 193 g/mol. The first kappa shape index (κ1) is 11.1. The van der Waals surface area contributed by atoms with E-state index in [1.54, 1.807) is 7.11 Å². The molecule has 0 amide bonds. The molecule has 1 rings (SSSR count). The van der Waals surface area contributed by atoms with E-state index in [9.17, 15) is 0 Å². The lowest BCUT2D eigenvalue weighted by Gasteiger charge is -2.15. The van der Waals surface area contributed by atoms with Crippen LogP contribution in [0, 0.1) is 20.8 Å². The number of aryl methyl sites for hydroxylation is 2. The van der Waals surface area contributed by atoms with Gasteiger partial charge < -0.3 is 10.5 Å². The highest BCUT2D eigenvalue weighted by Gasteiger charge is 2.10. The number of benzene rings is 1. The Labute approximate surface area is 86.1 Å². The Morgan fingerprint density at radius 3 is 2.36 bits per heavy atom. The van der Waals surface area contributed by atoms with Crippen molar-refractivity contribution < 1.29 is 4.74 Å². The Morgan fingerprint density at radius 1 is 1.21 bits per heavy atom. The van der Waals surface area contributed by atoms with Gasteiger partial charge in [-0.1, -0.05) is 6.07 Å². The van der Waals surface area contributed by atoms with Gasteiger partial charge in [0.2, 0.25) is 0 Å². The van der Waals surface area contributed by atoms with Crippen LogP contribution in [0.15, 0.2) is 6.07 Å². The summed E-state index contributed by atoms with van der Waals surface area (Å²) in [6.45, 7) is 6.99. The maximum atomic E-state index is 5.59. The smallest absolute Gasteiger partial charge is 0.124 e. The summed E-state index contributed by atoms with van der Waals surface area (Å²) in [7, 11) is 1.72. The van der Waals surface area contributed by atoms with Gasteiger partial charge in [-0.2, -0.15) is 0 Å². The van der Waals surface area contributed by atoms with Gasteiger partial charge in [0, 0.05) is 0 Å². The third-order valence-electron chi connectivity index (χ3n) is 2.66. The van der Waals surface area contributed by atoms with Crippen LogP contribution in [-0.2, 0) is 6.42 Å². The van der Waals surface area contributed by atoms with Crippen molar-refractivity contribution in [3.63, 3.8) is 0 Å². The molecule has 78 valence electrons. The van der Waals surface area contributed by atoms with Crippen molar-refractivity contribution in [2.45, 2.75) is 27.2 Å². The van der Waals surface area contributed by atoms with Gasteiger partial charge in [-0.3, -0.25) is 0 Å². The molecular formula is C12H19NO. The van der Waals surface area contributed by atoms with Crippen LogP contribution in [0.5, 0.6) is 5.75 Å². The van der Waals surface area contributed by atoms with Crippen molar-refractivity contribution >= 4 is 0 Å². The van der Waals surface area contributed by atoms with Crippen LogP contribution >= 0.6 is 0 Å². The Balaban J connectivity index is 3.28. The van der Waals surface area contributed by atoms with Crippen LogP contribution in [0.1, 0.15) is 22.3 Å². The van der Waals surface area contributed by atoms with E-state index in [2.05, 4.69) is 26.8 Å². The Morgan fingerprint density at radius 2 is 1.86 bits per heavy atom. The lowest BCUT2D eigenvalue weighted by Crippen LogP contribution is -2.07. The van der Waals surface area contributed by atoms with Crippen molar-refractivity contribution in [1.29, 1.82) is 0 Å². The summed E-state index contributed by atoms with van der Waals surface area (Å²) in [5.41, 5.74) is 10.7. The second-order valence-corrected chi connectivity index (χ2v) is 3.69. The van der Waals surface area contributed by atoms with Crippen LogP contribution in [-0.4, -0.2) is 13.7 Å². The average molecular weight is 193 g/mol. The fourth-order valence-electron chi connectivity index (χ4n) is 2.05. The molecule has 0 fully saturated rings. The van der Waals surface area contributed by atoms with Gasteiger partial charge in [0.15, 0.2) is 0 Å². The molecule has 0 bridgehead atoms. The van der Waals surface area contributed by atoms with Crippen LogP contribution in [0.3, 0.4) is 0 Å². The second-order valence-electron chi connectivity index (χ2n) is 3.69. The number of hydrogen-bond acceptors (Lipinski definition) is 2. The molecule has 0 saturated carbocycles. The highest BCUT2D eigenvalue weighted by atomic mass is 16.5. The van der Waals surface area contributed by atoms with Gasteiger partial charge in [0.05, 0.1) is 7.11 Å². The number of ether oxygens (including phenoxy) is 1. The van der Waals surface area contributed by atoms with E-state index < -0.39 is 0 Å². The zero-order valence-corrected chi connectivity index (χ0v) is 9.48. The maximum Gasteiger partial charge on any atom is 0.124 e. The fraction of sp³-hybridized carbons (Fsp3) is 0.500. The summed E-state index contributed by atoms with van der Waals surface area (Å²) in [4.78, 5) is 0. The predicted molar refractivity (Wildman–Crippen MR) is 60.0 cm³/mol. The second kappa shape index (κ2) is 4.47. The molecule has 0 radical (unpaired) electrons. The molecular weight excluding hydrogens is 174 g/mol. The zero-order valence-electron chi connectivity index (χ0n) is 9.48. The number of rotatable bonds is 3. The van der Waals surface area contributed by atoms with Crippen LogP contribution < -0.4 is 10.5 Å². The molecule has 0 unspecified atom stereocenters. The van der Waals surface area contributed by atoms with Crippen LogP contribution in [0.25, 0.3) is 0 Å². The van der Waals surface area contributed by atoms with E-state index in [-0.39, 0.29) is 0 Å². The molecule has 0 spiro atoms. The molecule has 0 aromatic heterocycles. The fourth-order valence-corrected chi connectivity index (χ4v) is 2.05. The summed E-state index contributed by atoms with van der Waals surface area (Å²) in [6, 6.07) is 2.16. The van der Waals surface area contributed by atoms with E-state index in [0.717, 1.165) is 12.2 Å². The SMILES string of the molecule is COc1c(C)cc(C)c(CCN)c1C. The van der Waals surface area contributed by atoms with Gasteiger partial charge in [0.25, 0.3) is 0 Å². The summed E-state index contributed by atoms with van der Waals surface area (Å²) in [5.74, 6) is 0.999. The van der Waals surface area contributed by atoms with E-state index in [1.807, 2.05) is 0 Å². The van der Waals surface area contributed by atoms with E-state index in [0.29, 0.717) is 6.54 Å². The first-order valence-corrected chi connectivity index (χ1v) is 4.95. The Bertz CT molecular complexity index is 332. The standard InChI is InChI=1S/C12H19NO/c1-8-7-9(2)12(14-4)10(3)11(8)5-6-13/h7H,5-6,13H2,1-4H3. The summed E-state index contributed by atoms with van der Waals surface area (Å²) >= 11 is 0. The molecule has 2 nitrogen and oxygen atoms in total. The maximum absolute atomic E-state index is 5.59. The van der Waals surface area contributed by atoms with Crippen LogP contribution in [0.4, 0.5) is 0 Å². The summed E-state index contributed by atoms with van der Waals surface area (Å²) in [5, 5.41) is 0. The largest absolute Gasteiger partial charge is 0.496 e. The molecule has 0 aliphatic rings. The number of methoxy groups -OCH3 is 1. The molecule has 1 aromatic carbocycles. The van der Waals surface area contributed by atoms with Crippen molar-refractivity contribution in [1.82, 2.24) is 0 Å².